The number of amides is 1. The molecule has 0 spiro atoms. The monoisotopic (exact) mass is 322 g/mol. The van der Waals surface area contributed by atoms with E-state index in [4.69, 9.17) is 5.73 Å². The summed E-state index contributed by atoms with van der Waals surface area (Å²) in [5.74, 6) is -1.05. The lowest BCUT2D eigenvalue weighted by atomic mass is 10.1. The molecular formula is C14H12BrFN2O. The molecule has 2 aromatic rings. The predicted molar refractivity (Wildman–Crippen MR) is 77.6 cm³/mol. The molecule has 19 heavy (non-hydrogen) atoms. The lowest BCUT2D eigenvalue weighted by molar-refractivity contribution is 0.102. The maximum absolute atomic E-state index is 13.7. The zero-order valence-electron chi connectivity index (χ0n) is 10.2. The van der Waals surface area contributed by atoms with Crippen molar-refractivity contribution in [2.45, 2.75) is 6.92 Å². The van der Waals surface area contributed by atoms with Gasteiger partial charge in [0.05, 0.1) is 11.3 Å². The minimum absolute atomic E-state index is 0.0000699. The van der Waals surface area contributed by atoms with Crippen molar-refractivity contribution in [2.24, 2.45) is 0 Å². The van der Waals surface area contributed by atoms with Crippen LogP contribution in [-0.4, -0.2) is 5.91 Å². The molecule has 0 aliphatic heterocycles. The van der Waals surface area contributed by atoms with Gasteiger partial charge < -0.3 is 11.1 Å². The van der Waals surface area contributed by atoms with Crippen molar-refractivity contribution in [1.82, 2.24) is 0 Å². The summed E-state index contributed by atoms with van der Waals surface area (Å²) in [7, 11) is 0. The fraction of sp³-hybridized carbons (Fsp3) is 0.0714. The Labute approximate surface area is 118 Å². The highest BCUT2D eigenvalue weighted by atomic mass is 79.9. The van der Waals surface area contributed by atoms with E-state index < -0.39 is 11.7 Å². The minimum Gasteiger partial charge on any atom is -0.399 e. The molecule has 0 radical (unpaired) electrons. The molecule has 3 N–H and O–H groups in total. The number of halogens is 2. The van der Waals surface area contributed by atoms with Crippen LogP contribution in [0.3, 0.4) is 0 Å². The highest BCUT2D eigenvalue weighted by Crippen LogP contribution is 2.25. The number of hydrogen-bond acceptors (Lipinski definition) is 2. The van der Waals surface area contributed by atoms with Gasteiger partial charge in [0.25, 0.3) is 5.91 Å². The molecule has 2 rings (SSSR count). The summed E-state index contributed by atoms with van der Waals surface area (Å²) in [6.45, 7) is 1.76. The Bertz CT molecular complexity index is 643. The van der Waals surface area contributed by atoms with Crippen molar-refractivity contribution in [1.29, 1.82) is 0 Å². The third kappa shape index (κ3) is 3.12. The summed E-state index contributed by atoms with van der Waals surface area (Å²) in [6.07, 6.45) is 0. The van der Waals surface area contributed by atoms with E-state index in [0.29, 0.717) is 15.8 Å². The number of carbonyl (C=O) groups excluding carboxylic acids is 1. The predicted octanol–water partition coefficient (Wildman–Crippen LogP) is 3.73. The van der Waals surface area contributed by atoms with E-state index in [1.165, 1.54) is 12.1 Å². The van der Waals surface area contributed by atoms with Gasteiger partial charge >= 0.3 is 0 Å². The average Bonchev–Trinajstić information content (AvgIpc) is 2.33. The molecule has 0 atom stereocenters. The fourth-order valence-corrected chi connectivity index (χ4v) is 1.98. The summed E-state index contributed by atoms with van der Waals surface area (Å²) in [6, 6.07) is 9.49. The molecule has 0 fully saturated rings. The zero-order valence-corrected chi connectivity index (χ0v) is 11.8. The van der Waals surface area contributed by atoms with Crippen molar-refractivity contribution >= 4 is 33.2 Å². The SMILES string of the molecule is Cc1ccc(C(=O)Nc2cc(N)ccc2Br)c(F)c1. The van der Waals surface area contributed by atoms with Crippen LogP contribution in [0, 0.1) is 12.7 Å². The van der Waals surface area contributed by atoms with E-state index in [1.54, 1.807) is 31.2 Å². The van der Waals surface area contributed by atoms with Crippen LogP contribution in [-0.2, 0) is 0 Å². The molecule has 0 unspecified atom stereocenters. The molecule has 0 saturated carbocycles. The maximum Gasteiger partial charge on any atom is 0.258 e. The van der Waals surface area contributed by atoms with Crippen LogP contribution in [0.4, 0.5) is 15.8 Å². The second kappa shape index (κ2) is 5.40. The molecular weight excluding hydrogens is 311 g/mol. The largest absolute Gasteiger partial charge is 0.399 e. The van der Waals surface area contributed by atoms with Gasteiger partial charge in [0, 0.05) is 10.2 Å². The molecule has 0 aromatic heterocycles. The number of benzene rings is 2. The van der Waals surface area contributed by atoms with Crippen molar-refractivity contribution in [3.63, 3.8) is 0 Å². The Morgan fingerprint density at radius 1 is 1.26 bits per heavy atom. The first-order chi connectivity index (χ1) is 8.97. The highest BCUT2D eigenvalue weighted by molar-refractivity contribution is 9.10. The third-order valence-electron chi connectivity index (χ3n) is 2.61. The van der Waals surface area contributed by atoms with Crippen LogP contribution in [0.5, 0.6) is 0 Å². The normalized spacial score (nSPS) is 10.3. The molecule has 0 saturated heterocycles. The molecule has 1 amide bonds. The summed E-state index contributed by atoms with van der Waals surface area (Å²) in [5.41, 5.74) is 7.43. The van der Waals surface area contributed by atoms with E-state index in [-0.39, 0.29) is 5.56 Å². The summed E-state index contributed by atoms with van der Waals surface area (Å²) >= 11 is 3.30. The fourth-order valence-electron chi connectivity index (χ4n) is 1.63. The van der Waals surface area contributed by atoms with Crippen LogP contribution in [0.2, 0.25) is 0 Å². The van der Waals surface area contributed by atoms with Crippen LogP contribution >= 0.6 is 15.9 Å². The Hall–Kier alpha value is -1.88. The smallest absolute Gasteiger partial charge is 0.258 e. The zero-order chi connectivity index (χ0) is 14.0. The molecule has 0 aliphatic carbocycles. The summed E-state index contributed by atoms with van der Waals surface area (Å²) in [4.78, 5) is 12.0. The highest BCUT2D eigenvalue weighted by Gasteiger charge is 2.13. The van der Waals surface area contributed by atoms with Crippen molar-refractivity contribution in [3.8, 4) is 0 Å². The molecule has 5 heteroatoms. The third-order valence-corrected chi connectivity index (χ3v) is 3.30. The van der Waals surface area contributed by atoms with Gasteiger partial charge in [0.1, 0.15) is 5.82 Å². The maximum atomic E-state index is 13.7. The van der Waals surface area contributed by atoms with Gasteiger partial charge in [-0.05, 0) is 58.7 Å². The van der Waals surface area contributed by atoms with Gasteiger partial charge in [0.15, 0.2) is 0 Å². The number of aryl methyl sites for hydroxylation is 1. The Morgan fingerprint density at radius 3 is 2.68 bits per heavy atom. The van der Waals surface area contributed by atoms with E-state index in [2.05, 4.69) is 21.2 Å². The quantitative estimate of drug-likeness (QED) is 0.828. The Balaban J connectivity index is 2.28. The Kier molecular flexibility index (Phi) is 3.85. The second-order valence-corrected chi connectivity index (χ2v) is 5.03. The Morgan fingerprint density at radius 2 is 2.00 bits per heavy atom. The van der Waals surface area contributed by atoms with Gasteiger partial charge in [-0.2, -0.15) is 0 Å². The average molecular weight is 323 g/mol. The second-order valence-electron chi connectivity index (χ2n) is 4.18. The summed E-state index contributed by atoms with van der Waals surface area (Å²) < 4.78 is 14.4. The number of nitrogens with one attached hydrogen (secondary N) is 1. The number of rotatable bonds is 2. The first-order valence-electron chi connectivity index (χ1n) is 5.60. The first kappa shape index (κ1) is 13.5. The van der Waals surface area contributed by atoms with Gasteiger partial charge in [-0.15, -0.1) is 0 Å². The van der Waals surface area contributed by atoms with E-state index in [0.717, 1.165) is 5.56 Å². The van der Waals surface area contributed by atoms with Gasteiger partial charge in [-0.1, -0.05) is 6.07 Å². The lowest BCUT2D eigenvalue weighted by Gasteiger charge is -2.09. The molecule has 0 bridgehead atoms. The van der Waals surface area contributed by atoms with Crippen LogP contribution in [0.25, 0.3) is 0 Å². The molecule has 2 aromatic carbocycles. The summed E-state index contributed by atoms with van der Waals surface area (Å²) in [5, 5.41) is 2.62. The van der Waals surface area contributed by atoms with E-state index >= 15 is 0 Å². The minimum atomic E-state index is -0.544. The molecule has 0 heterocycles. The molecule has 3 nitrogen and oxygen atoms in total. The van der Waals surface area contributed by atoms with Crippen LogP contribution in [0.1, 0.15) is 15.9 Å². The van der Waals surface area contributed by atoms with Crippen LogP contribution in [0.15, 0.2) is 40.9 Å². The van der Waals surface area contributed by atoms with Crippen molar-refractivity contribution in [3.05, 3.63) is 57.8 Å². The number of anilines is 2. The topological polar surface area (TPSA) is 55.1 Å². The number of nitrogen functional groups attached to an aromatic ring is 1. The number of carbonyl (C=O) groups is 1. The van der Waals surface area contributed by atoms with E-state index in [9.17, 15) is 9.18 Å². The number of nitrogens with two attached hydrogens (primary N) is 1. The lowest BCUT2D eigenvalue weighted by Crippen LogP contribution is -2.14. The number of hydrogen-bond donors (Lipinski definition) is 2. The van der Waals surface area contributed by atoms with E-state index in [1.807, 2.05) is 0 Å². The molecule has 0 aliphatic rings. The first-order valence-corrected chi connectivity index (χ1v) is 6.39. The van der Waals surface area contributed by atoms with Crippen molar-refractivity contribution < 1.29 is 9.18 Å². The van der Waals surface area contributed by atoms with Gasteiger partial charge in [-0.25, -0.2) is 4.39 Å². The van der Waals surface area contributed by atoms with Crippen molar-refractivity contribution in [2.75, 3.05) is 11.1 Å². The standard InChI is InChI=1S/C14H12BrFN2O/c1-8-2-4-10(12(16)6-8)14(19)18-13-7-9(17)3-5-11(13)15/h2-7H,17H2,1H3,(H,18,19). The van der Waals surface area contributed by atoms with Crippen LogP contribution < -0.4 is 11.1 Å². The van der Waals surface area contributed by atoms with Gasteiger partial charge in [-0.3, -0.25) is 4.79 Å². The van der Waals surface area contributed by atoms with Gasteiger partial charge in [0.2, 0.25) is 0 Å². The molecule has 98 valence electrons.